The zero-order valence-corrected chi connectivity index (χ0v) is 25.0. The number of benzene rings is 3. The van der Waals surface area contributed by atoms with Gasteiger partial charge in [0.25, 0.3) is 5.91 Å². The lowest BCUT2D eigenvalue weighted by atomic mass is 9.91. The molecule has 6 rings (SSSR count). The number of piperidine rings is 1. The molecule has 43 heavy (non-hydrogen) atoms. The quantitative estimate of drug-likeness (QED) is 0.185. The molecular weight excluding hydrogens is 540 g/mol. The normalized spacial score (nSPS) is 16.9. The van der Waals surface area contributed by atoms with Crippen LogP contribution in [0.1, 0.15) is 90.5 Å². The molecule has 0 radical (unpaired) electrons. The number of alkyl halides is 1. The number of aryl methyl sites for hydroxylation is 1. The molecule has 2 heterocycles. The Kier molecular flexibility index (Phi) is 8.29. The highest BCUT2D eigenvalue weighted by atomic mass is 19.1. The molecule has 1 aliphatic carbocycles. The van der Waals surface area contributed by atoms with Gasteiger partial charge in [0.05, 0.1) is 11.0 Å². The van der Waals surface area contributed by atoms with Gasteiger partial charge in [-0.05, 0) is 117 Å². The standard InChI is InChI=1S/C37H39F2N3O/c1-24(21-27-12-13-27)11-15-33(29-7-6-8-31(39)23-29)32-16-14-30(22-25(32)2)37(43)41-19-17-28(18-20-41)36-40-34-9-4-5-10-35(34)42(36)26(3)38/h4-10,14-16,22-23,26-28H,1,11-13,17-21H2,2-3H3/b33-15-. The van der Waals surface area contributed by atoms with Crippen molar-refractivity contribution in [1.29, 1.82) is 0 Å². The molecule has 1 unspecified atom stereocenters. The van der Waals surface area contributed by atoms with Crippen molar-refractivity contribution in [3.05, 3.63) is 119 Å². The van der Waals surface area contributed by atoms with Crippen LogP contribution in [0.4, 0.5) is 8.78 Å². The van der Waals surface area contributed by atoms with E-state index < -0.39 is 6.30 Å². The first kappa shape index (κ1) is 29.0. The third-order valence-electron chi connectivity index (χ3n) is 8.89. The Morgan fingerprint density at radius 3 is 2.49 bits per heavy atom. The van der Waals surface area contributed by atoms with Crippen LogP contribution in [0.25, 0.3) is 16.6 Å². The fraction of sp³-hybridized carbons (Fsp3) is 0.351. The maximum Gasteiger partial charge on any atom is 0.253 e. The molecule has 4 aromatic rings. The third-order valence-corrected chi connectivity index (χ3v) is 8.89. The number of carbonyl (C=O) groups is 1. The van der Waals surface area contributed by atoms with Crippen molar-refractivity contribution in [2.24, 2.45) is 5.92 Å². The number of halogens is 2. The van der Waals surface area contributed by atoms with E-state index in [1.165, 1.54) is 24.5 Å². The van der Waals surface area contributed by atoms with Gasteiger partial charge in [-0.3, -0.25) is 9.36 Å². The van der Waals surface area contributed by atoms with Gasteiger partial charge in [-0.2, -0.15) is 0 Å². The topological polar surface area (TPSA) is 38.1 Å². The predicted octanol–water partition coefficient (Wildman–Crippen LogP) is 9.17. The summed E-state index contributed by atoms with van der Waals surface area (Å²) in [5.41, 5.74) is 7.17. The Bertz CT molecular complexity index is 1690. The Balaban J connectivity index is 1.19. The van der Waals surface area contributed by atoms with Crippen LogP contribution in [0, 0.1) is 18.7 Å². The zero-order valence-electron chi connectivity index (χ0n) is 25.0. The highest BCUT2D eigenvalue weighted by molar-refractivity contribution is 5.95. The van der Waals surface area contributed by atoms with Crippen molar-refractivity contribution < 1.29 is 13.6 Å². The van der Waals surface area contributed by atoms with Crippen LogP contribution in [0.5, 0.6) is 0 Å². The van der Waals surface area contributed by atoms with Gasteiger partial charge in [0.2, 0.25) is 0 Å². The lowest BCUT2D eigenvalue weighted by Crippen LogP contribution is -2.38. The lowest BCUT2D eigenvalue weighted by Gasteiger charge is -2.32. The molecule has 1 amide bonds. The van der Waals surface area contributed by atoms with E-state index in [-0.39, 0.29) is 17.6 Å². The second kappa shape index (κ2) is 12.3. The van der Waals surface area contributed by atoms with Gasteiger partial charge in [0, 0.05) is 24.6 Å². The van der Waals surface area contributed by atoms with Gasteiger partial charge < -0.3 is 4.90 Å². The van der Waals surface area contributed by atoms with E-state index in [4.69, 9.17) is 4.98 Å². The van der Waals surface area contributed by atoms with E-state index in [2.05, 4.69) is 12.7 Å². The van der Waals surface area contributed by atoms with Crippen LogP contribution in [0.3, 0.4) is 0 Å². The van der Waals surface area contributed by atoms with Crippen LogP contribution in [0.2, 0.25) is 0 Å². The zero-order chi connectivity index (χ0) is 30.1. The minimum atomic E-state index is -1.17. The summed E-state index contributed by atoms with van der Waals surface area (Å²) >= 11 is 0. The number of nitrogens with zero attached hydrogens (tertiary/aromatic N) is 3. The summed E-state index contributed by atoms with van der Waals surface area (Å²) < 4.78 is 30.6. The molecule has 0 bridgehead atoms. The van der Waals surface area contributed by atoms with Crippen molar-refractivity contribution in [3.8, 4) is 0 Å². The van der Waals surface area contributed by atoms with Crippen molar-refractivity contribution in [2.45, 2.75) is 64.6 Å². The summed E-state index contributed by atoms with van der Waals surface area (Å²) in [5.74, 6) is 1.34. The van der Waals surface area contributed by atoms with Crippen molar-refractivity contribution in [1.82, 2.24) is 14.5 Å². The number of para-hydroxylation sites is 2. The van der Waals surface area contributed by atoms with Crippen molar-refractivity contribution in [3.63, 3.8) is 0 Å². The first-order chi connectivity index (χ1) is 20.8. The van der Waals surface area contributed by atoms with E-state index in [0.29, 0.717) is 18.7 Å². The monoisotopic (exact) mass is 579 g/mol. The molecule has 0 spiro atoms. The highest BCUT2D eigenvalue weighted by Crippen LogP contribution is 2.37. The van der Waals surface area contributed by atoms with Crippen molar-refractivity contribution in [2.75, 3.05) is 13.1 Å². The molecule has 1 saturated heterocycles. The van der Waals surface area contributed by atoms with Gasteiger partial charge in [-0.15, -0.1) is 0 Å². The third kappa shape index (κ3) is 6.34. The Morgan fingerprint density at radius 2 is 1.79 bits per heavy atom. The second-order valence-electron chi connectivity index (χ2n) is 12.2. The number of allylic oxidation sites excluding steroid dienone is 2. The Hall–Kier alpha value is -4.06. The van der Waals surface area contributed by atoms with Gasteiger partial charge in [0.1, 0.15) is 11.6 Å². The number of hydrogen-bond acceptors (Lipinski definition) is 2. The van der Waals surface area contributed by atoms with Crippen LogP contribution >= 0.6 is 0 Å². The summed E-state index contributed by atoms with van der Waals surface area (Å²) in [4.78, 5) is 20.3. The average Bonchev–Trinajstić information content (AvgIpc) is 3.73. The molecule has 1 aliphatic heterocycles. The van der Waals surface area contributed by atoms with E-state index in [1.807, 2.05) is 60.4 Å². The van der Waals surface area contributed by atoms with E-state index in [0.717, 1.165) is 70.7 Å². The maximum atomic E-state index is 14.7. The summed E-state index contributed by atoms with van der Waals surface area (Å²) in [7, 11) is 0. The number of imidazole rings is 1. The van der Waals surface area contributed by atoms with Crippen LogP contribution in [0.15, 0.2) is 85.0 Å². The summed E-state index contributed by atoms with van der Waals surface area (Å²) in [6, 6.07) is 20.2. The first-order valence-corrected chi connectivity index (χ1v) is 15.4. The number of rotatable bonds is 9. The van der Waals surface area contributed by atoms with E-state index in [1.54, 1.807) is 23.6 Å². The second-order valence-corrected chi connectivity index (χ2v) is 12.2. The SMILES string of the molecule is C=C(C/C=C(/c1cccc(F)c1)c1ccc(C(=O)N2CCC(c3nc4ccccc4n3C(C)F)CC2)cc1C)CC1CC1. The molecule has 6 heteroatoms. The molecule has 1 aromatic heterocycles. The van der Waals surface area contributed by atoms with Gasteiger partial charge in [-0.1, -0.05) is 48.6 Å². The minimum absolute atomic E-state index is 0.00504. The molecule has 2 aliphatic rings. The fourth-order valence-electron chi connectivity index (χ4n) is 6.45. The molecule has 2 fully saturated rings. The van der Waals surface area contributed by atoms with E-state index in [9.17, 15) is 13.6 Å². The lowest BCUT2D eigenvalue weighted by molar-refractivity contribution is 0.0708. The summed E-state index contributed by atoms with van der Waals surface area (Å²) in [5, 5.41) is 0. The Morgan fingerprint density at radius 1 is 1.02 bits per heavy atom. The number of likely N-dealkylation sites (tertiary alicyclic amines) is 1. The molecule has 222 valence electrons. The molecule has 3 aromatic carbocycles. The first-order valence-electron chi connectivity index (χ1n) is 15.4. The number of carbonyl (C=O) groups excluding carboxylic acids is 1. The summed E-state index contributed by atoms with van der Waals surface area (Å²) in [6.07, 6.45) is 6.79. The highest BCUT2D eigenvalue weighted by Gasteiger charge is 2.29. The van der Waals surface area contributed by atoms with Crippen LogP contribution < -0.4 is 0 Å². The molecular formula is C37H39F2N3O. The molecule has 1 saturated carbocycles. The van der Waals surface area contributed by atoms with Crippen molar-refractivity contribution >= 4 is 22.5 Å². The molecule has 1 atom stereocenters. The number of aromatic nitrogens is 2. The van der Waals surface area contributed by atoms with Gasteiger partial charge >= 0.3 is 0 Å². The number of amides is 1. The largest absolute Gasteiger partial charge is 0.339 e. The Labute approximate surface area is 252 Å². The minimum Gasteiger partial charge on any atom is -0.339 e. The average molecular weight is 580 g/mol. The maximum absolute atomic E-state index is 14.7. The predicted molar refractivity (Wildman–Crippen MR) is 169 cm³/mol. The van der Waals surface area contributed by atoms with Crippen LogP contribution in [-0.4, -0.2) is 33.4 Å². The molecule has 0 N–H and O–H groups in total. The van der Waals surface area contributed by atoms with E-state index >= 15 is 0 Å². The smallest absolute Gasteiger partial charge is 0.253 e. The number of hydrogen-bond donors (Lipinski definition) is 0. The fourth-order valence-corrected chi connectivity index (χ4v) is 6.45. The summed E-state index contributed by atoms with van der Waals surface area (Å²) in [6.45, 7) is 9.01. The number of fused-ring (bicyclic) bond motifs is 1. The van der Waals surface area contributed by atoms with Gasteiger partial charge in [0.15, 0.2) is 6.30 Å². The molecule has 4 nitrogen and oxygen atoms in total. The van der Waals surface area contributed by atoms with Gasteiger partial charge in [-0.25, -0.2) is 13.8 Å². The van der Waals surface area contributed by atoms with Crippen LogP contribution in [-0.2, 0) is 0 Å².